The molecule has 0 spiro atoms. The highest BCUT2D eigenvalue weighted by Crippen LogP contribution is 2.44. The molecule has 256 valence electrons. The van der Waals surface area contributed by atoms with Gasteiger partial charge >= 0.3 is 0 Å². The third-order valence-electron chi connectivity index (χ3n) is 10.9. The standard InChI is InChI=1S/C53H34N2/c54-35-36-24-29-41(30-25-36)55(42-31-26-37-12-1-2-14-40(37)34-42)52-33-28-39(43-16-5-8-20-48(43)52)27-32-47-45-18-6-9-21-50(45)53(51-22-10-7-19-46(47)51)49-23-11-15-38-13-3-4-17-44(38)49/h1-34H/b32-27+. The largest absolute Gasteiger partial charge is 0.310 e. The Hall–Kier alpha value is -7.47. The molecule has 55 heavy (non-hydrogen) atoms. The van der Waals surface area contributed by atoms with Crippen LogP contribution in [0, 0.1) is 11.3 Å². The molecule has 2 heteroatoms. The summed E-state index contributed by atoms with van der Waals surface area (Å²) in [6.45, 7) is 0. The second kappa shape index (κ2) is 13.5. The molecular formula is C53H34N2. The fourth-order valence-electron chi connectivity index (χ4n) is 8.32. The van der Waals surface area contributed by atoms with Crippen LogP contribution in [0.25, 0.3) is 77.1 Å². The number of hydrogen-bond acceptors (Lipinski definition) is 2. The molecule has 0 aliphatic rings. The Bertz CT molecular complexity index is 3100. The summed E-state index contributed by atoms with van der Waals surface area (Å²) < 4.78 is 0. The smallest absolute Gasteiger partial charge is 0.0991 e. The summed E-state index contributed by atoms with van der Waals surface area (Å²) in [6.07, 6.45) is 4.58. The van der Waals surface area contributed by atoms with E-state index >= 15 is 0 Å². The fourth-order valence-corrected chi connectivity index (χ4v) is 8.32. The first-order chi connectivity index (χ1) is 27.2. The zero-order valence-electron chi connectivity index (χ0n) is 30.0. The van der Waals surface area contributed by atoms with Gasteiger partial charge in [0.1, 0.15) is 0 Å². The first-order valence-electron chi connectivity index (χ1n) is 18.7. The van der Waals surface area contributed by atoms with Gasteiger partial charge in [-0.15, -0.1) is 0 Å². The summed E-state index contributed by atoms with van der Waals surface area (Å²) in [7, 11) is 0. The molecule has 0 radical (unpaired) electrons. The van der Waals surface area contributed by atoms with Crippen molar-refractivity contribution in [2.45, 2.75) is 0 Å². The van der Waals surface area contributed by atoms with Crippen LogP contribution in [0.3, 0.4) is 0 Å². The van der Waals surface area contributed by atoms with Crippen molar-refractivity contribution >= 4 is 83.1 Å². The number of benzene rings is 10. The minimum absolute atomic E-state index is 0.637. The maximum atomic E-state index is 9.58. The van der Waals surface area contributed by atoms with Crippen molar-refractivity contribution in [1.29, 1.82) is 5.26 Å². The summed E-state index contributed by atoms with van der Waals surface area (Å²) in [4.78, 5) is 2.30. The molecule has 2 nitrogen and oxygen atoms in total. The van der Waals surface area contributed by atoms with E-state index in [-0.39, 0.29) is 0 Å². The highest BCUT2D eigenvalue weighted by Gasteiger charge is 2.18. The van der Waals surface area contributed by atoms with Crippen molar-refractivity contribution in [3.63, 3.8) is 0 Å². The number of anilines is 3. The van der Waals surface area contributed by atoms with E-state index in [2.05, 4.69) is 193 Å². The first-order valence-corrected chi connectivity index (χ1v) is 18.7. The molecule has 0 aliphatic heterocycles. The Morgan fingerprint density at radius 1 is 0.400 bits per heavy atom. The number of hydrogen-bond donors (Lipinski definition) is 0. The van der Waals surface area contributed by atoms with E-state index in [1.807, 2.05) is 24.3 Å². The fraction of sp³-hybridized carbons (Fsp3) is 0. The molecule has 0 aromatic heterocycles. The van der Waals surface area contributed by atoms with E-state index in [1.165, 1.54) is 59.8 Å². The Kier molecular flexibility index (Phi) is 7.90. The topological polar surface area (TPSA) is 27.0 Å². The molecule has 10 aromatic carbocycles. The van der Waals surface area contributed by atoms with Crippen molar-refractivity contribution in [1.82, 2.24) is 0 Å². The molecule has 0 atom stereocenters. The van der Waals surface area contributed by atoms with Gasteiger partial charge < -0.3 is 4.90 Å². The lowest BCUT2D eigenvalue weighted by molar-refractivity contribution is 1.30. The average Bonchev–Trinajstić information content (AvgIpc) is 3.25. The second-order valence-electron chi connectivity index (χ2n) is 14.0. The molecule has 0 saturated carbocycles. The molecule has 0 N–H and O–H groups in total. The molecule has 0 aliphatic carbocycles. The van der Waals surface area contributed by atoms with Crippen LogP contribution in [-0.2, 0) is 0 Å². The van der Waals surface area contributed by atoms with Crippen molar-refractivity contribution in [2.24, 2.45) is 0 Å². The first kappa shape index (κ1) is 32.2. The van der Waals surface area contributed by atoms with Gasteiger partial charge in [0.25, 0.3) is 0 Å². The maximum absolute atomic E-state index is 9.58. The summed E-state index contributed by atoms with van der Waals surface area (Å²) in [5, 5.41) is 21.7. The van der Waals surface area contributed by atoms with Gasteiger partial charge in [-0.25, -0.2) is 0 Å². The van der Waals surface area contributed by atoms with Gasteiger partial charge in [0.2, 0.25) is 0 Å². The summed E-state index contributed by atoms with van der Waals surface area (Å²) in [5.41, 5.74) is 8.63. The van der Waals surface area contributed by atoms with Crippen molar-refractivity contribution in [3.05, 3.63) is 211 Å². The Labute approximate surface area is 320 Å². The van der Waals surface area contributed by atoms with Crippen molar-refractivity contribution in [3.8, 4) is 17.2 Å². The second-order valence-corrected chi connectivity index (χ2v) is 14.0. The van der Waals surface area contributed by atoms with Crippen LogP contribution < -0.4 is 4.90 Å². The maximum Gasteiger partial charge on any atom is 0.0991 e. The highest BCUT2D eigenvalue weighted by molar-refractivity contribution is 6.21. The van der Waals surface area contributed by atoms with Gasteiger partial charge in [-0.1, -0.05) is 164 Å². The number of nitrogens with zero attached hydrogens (tertiary/aromatic N) is 2. The van der Waals surface area contributed by atoms with Gasteiger partial charge in [-0.05, 0) is 113 Å². The van der Waals surface area contributed by atoms with E-state index in [0.29, 0.717) is 5.56 Å². The lowest BCUT2D eigenvalue weighted by atomic mass is 9.86. The predicted octanol–water partition coefficient (Wildman–Crippen LogP) is 14.6. The molecule has 0 saturated heterocycles. The van der Waals surface area contributed by atoms with Gasteiger partial charge in [-0.3, -0.25) is 0 Å². The molecule has 10 aromatic rings. The zero-order valence-corrected chi connectivity index (χ0v) is 30.0. The van der Waals surface area contributed by atoms with E-state index in [4.69, 9.17) is 0 Å². The van der Waals surface area contributed by atoms with Gasteiger partial charge in [0.05, 0.1) is 17.3 Å². The summed E-state index contributed by atoms with van der Waals surface area (Å²) >= 11 is 0. The highest BCUT2D eigenvalue weighted by atomic mass is 15.1. The van der Waals surface area contributed by atoms with Crippen LogP contribution in [0.4, 0.5) is 17.1 Å². The van der Waals surface area contributed by atoms with Crippen LogP contribution in [0.15, 0.2) is 194 Å². The van der Waals surface area contributed by atoms with Crippen LogP contribution in [0.5, 0.6) is 0 Å². The van der Waals surface area contributed by atoms with Gasteiger partial charge in [-0.2, -0.15) is 5.26 Å². The van der Waals surface area contributed by atoms with Crippen LogP contribution in [0.1, 0.15) is 16.7 Å². The number of rotatable bonds is 6. The lowest BCUT2D eigenvalue weighted by Crippen LogP contribution is -2.10. The minimum atomic E-state index is 0.637. The summed E-state index contributed by atoms with van der Waals surface area (Å²) in [6, 6.07) is 71.3. The Morgan fingerprint density at radius 3 is 1.67 bits per heavy atom. The number of fused-ring (bicyclic) bond motifs is 5. The molecule has 0 bridgehead atoms. The lowest BCUT2D eigenvalue weighted by Gasteiger charge is -2.27. The van der Waals surface area contributed by atoms with Crippen molar-refractivity contribution in [2.75, 3.05) is 4.90 Å². The van der Waals surface area contributed by atoms with Gasteiger partial charge in [0.15, 0.2) is 0 Å². The van der Waals surface area contributed by atoms with E-state index < -0.39 is 0 Å². The van der Waals surface area contributed by atoms with E-state index in [0.717, 1.165) is 33.4 Å². The third-order valence-corrected chi connectivity index (χ3v) is 10.9. The van der Waals surface area contributed by atoms with E-state index in [9.17, 15) is 5.26 Å². The molecule has 0 amide bonds. The third kappa shape index (κ3) is 5.59. The minimum Gasteiger partial charge on any atom is -0.310 e. The molecular weight excluding hydrogens is 665 g/mol. The van der Waals surface area contributed by atoms with Crippen molar-refractivity contribution < 1.29 is 0 Å². The van der Waals surface area contributed by atoms with Crippen LogP contribution >= 0.6 is 0 Å². The molecule has 0 fully saturated rings. The average molecular weight is 699 g/mol. The van der Waals surface area contributed by atoms with Crippen LogP contribution in [-0.4, -0.2) is 0 Å². The quantitative estimate of drug-likeness (QED) is 0.128. The SMILES string of the molecule is N#Cc1ccc(N(c2ccc3ccccc3c2)c2ccc(/C=C/c3c4ccccc4c(-c4cccc5ccccc45)c4ccccc34)c3ccccc23)cc1. The number of nitriles is 1. The Balaban J connectivity index is 1.15. The summed E-state index contributed by atoms with van der Waals surface area (Å²) in [5.74, 6) is 0. The molecule has 10 rings (SSSR count). The predicted molar refractivity (Wildman–Crippen MR) is 234 cm³/mol. The molecule has 0 heterocycles. The Morgan fingerprint density at radius 2 is 0.964 bits per heavy atom. The molecule has 0 unspecified atom stereocenters. The normalized spacial score (nSPS) is 11.5. The van der Waals surface area contributed by atoms with Crippen LogP contribution in [0.2, 0.25) is 0 Å². The monoisotopic (exact) mass is 698 g/mol. The van der Waals surface area contributed by atoms with Gasteiger partial charge in [0, 0.05) is 16.8 Å². The zero-order chi connectivity index (χ0) is 36.7. The van der Waals surface area contributed by atoms with E-state index in [1.54, 1.807) is 0 Å².